The molecule has 0 aliphatic heterocycles. The van der Waals surface area contributed by atoms with Gasteiger partial charge in [-0.25, -0.2) is 13.6 Å². The molecule has 24 heavy (non-hydrogen) atoms. The van der Waals surface area contributed by atoms with Gasteiger partial charge in [0.2, 0.25) is 0 Å². The molecule has 0 bridgehead atoms. The minimum absolute atomic E-state index is 0.00713. The number of benzene rings is 2. The second kappa shape index (κ2) is 8.01. The smallest absolute Gasteiger partial charge is 0.331 e. The highest BCUT2D eigenvalue weighted by Gasteiger charge is 2.17. The van der Waals surface area contributed by atoms with E-state index in [-0.39, 0.29) is 11.3 Å². The first kappa shape index (κ1) is 17.3. The number of ether oxygens (including phenoxy) is 1. The molecule has 0 saturated carbocycles. The number of esters is 1. The molecule has 1 atom stereocenters. The lowest BCUT2D eigenvalue weighted by Gasteiger charge is -2.12. The van der Waals surface area contributed by atoms with E-state index in [1.165, 1.54) is 49.4 Å². The van der Waals surface area contributed by atoms with Crippen molar-refractivity contribution in [2.24, 2.45) is 0 Å². The molecule has 0 aromatic heterocycles. The van der Waals surface area contributed by atoms with Gasteiger partial charge in [0.05, 0.1) is 5.69 Å². The molecular weight excluding hydrogens is 316 g/mol. The summed E-state index contributed by atoms with van der Waals surface area (Å²) in [4.78, 5) is 23.6. The van der Waals surface area contributed by atoms with Gasteiger partial charge >= 0.3 is 5.97 Å². The molecule has 0 aliphatic carbocycles. The lowest BCUT2D eigenvalue weighted by Crippen LogP contribution is -2.29. The number of hydrogen-bond acceptors (Lipinski definition) is 3. The summed E-state index contributed by atoms with van der Waals surface area (Å²) < 4.78 is 31.8. The number of para-hydroxylation sites is 1. The Kier molecular flexibility index (Phi) is 5.78. The first-order valence-corrected chi connectivity index (χ1v) is 7.16. The largest absolute Gasteiger partial charge is 0.449 e. The van der Waals surface area contributed by atoms with Crippen LogP contribution in [0.2, 0.25) is 0 Å². The van der Waals surface area contributed by atoms with Crippen molar-refractivity contribution in [3.05, 3.63) is 71.8 Å². The molecule has 124 valence electrons. The average molecular weight is 331 g/mol. The van der Waals surface area contributed by atoms with Crippen molar-refractivity contribution in [1.29, 1.82) is 0 Å². The van der Waals surface area contributed by atoms with E-state index in [4.69, 9.17) is 4.74 Å². The Balaban J connectivity index is 1.92. The van der Waals surface area contributed by atoms with Gasteiger partial charge in [0.15, 0.2) is 6.10 Å². The first-order chi connectivity index (χ1) is 11.5. The second-order valence-corrected chi connectivity index (χ2v) is 4.90. The van der Waals surface area contributed by atoms with Crippen molar-refractivity contribution in [2.75, 3.05) is 5.32 Å². The van der Waals surface area contributed by atoms with E-state index < -0.39 is 29.6 Å². The predicted molar refractivity (Wildman–Crippen MR) is 86.0 cm³/mol. The molecule has 0 radical (unpaired) electrons. The van der Waals surface area contributed by atoms with Crippen molar-refractivity contribution in [3.8, 4) is 0 Å². The van der Waals surface area contributed by atoms with Gasteiger partial charge in [0.1, 0.15) is 11.6 Å². The standard InChI is InChI=1S/C18H15F2NO3/c1-12(18(23)21-16-9-5-4-8-15(16)20)24-17(22)11-10-13-6-2-3-7-14(13)19/h2-12H,1H3,(H,21,23)/b11-10+/t12-/m0/s1. The molecule has 2 aromatic rings. The van der Waals surface area contributed by atoms with E-state index in [1.54, 1.807) is 12.1 Å². The molecule has 0 fully saturated rings. The first-order valence-electron chi connectivity index (χ1n) is 7.16. The van der Waals surface area contributed by atoms with Crippen molar-refractivity contribution >= 4 is 23.6 Å². The van der Waals surface area contributed by atoms with Crippen LogP contribution >= 0.6 is 0 Å². The lowest BCUT2D eigenvalue weighted by molar-refractivity contribution is -0.148. The Morgan fingerprint density at radius 2 is 1.67 bits per heavy atom. The van der Waals surface area contributed by atoms with Gasteiger partial charge in [-0.15, -0.1) is 0 Å². The van der Waals surface area contributed by atoms with Gasteiger partial charge < -0.3 is 10.1 Å². The zero-order valence-corrected chi connectivity index (χ0v) is 12.8. The van der Waals surface area contributed by atoms with Crippen LogP contribution in [0.15, 0.2) is 54.6 Å². The highest BCUT2D eigenvalue weighted by atomic mass is 19.1. The summed E-state index contributed by atoms with van der Waals surface area (Å²) in [5.74, 6) is -2.56. The summed E-state index contributed by atoms with van der Waals surface area (Å²) in [6.45, 7) is 1.35. The van der Waals surface area contributed by atoms with E-state index in [1.807, 2.05) is 0 Å². The van der Waals surface area contributed by atoms with Gasteiger partial charge in [-0.2, -0.15) is 0 Å². The molecule has 0 unspecified atom stereocenters. The fourth-order valence-electron chi connectivity index (χ4n) is 1.83. The van der Waals surface area contributed by atoms with Gasteiger partial charge in [-0.05, 0) is 31.2 Å². The quantitative estimate of drug-likeness (QED) is 0.673. The van der Waals surface area contributed by atoms with Crippen molar-refractivity contribution in [2.45, 2.75) is 13.0 Å². The molecule has 1 amide bonds. The summed E-state index contributed by atoms with van der Waals surface area (Å²) >= 11 is 0. The number of hydrogen-bond donors (Lipinski definition) is 1. The van der Waals surface area contributed by atoms with E-state index in [0.29, 0.717) is 0 Å². The van der Waals surface area contributed by atoms with Gasteiger partial charge in [-0.3, -0.25) is 4.79 Å². The maximum Gasteiger partial charge on any atom is 0.331 e. The minimum atomic E-state index is -1.14. The van der Waals surface area contributed by atoms with Crippen molar-refractivity contribution in [1.82, 2.24) is 0 Å². The Bertz CT molecular complexity index is 774. The number of carbonyl (C=O) groups is 2. The van der Waals surface area contributed by atoms with E-state index >= 15 is 0 Å². The summed E-state index contributed by atoms with van der Waals surface area (Å²) in [5.41, 5.74) is 0.213. The summed E-state index contributed by atoms with van der Waals surface area (Å²) in [6.07, 6.45) is 1.13. The highest BCUT2D eigenvalue weighted by molar-refractivity contribution is 5.96. The Morgan fingerprint density at radius 3 is 2.33 bits per heavy atom. The molecule has 0 spiro atoms. The Hall–Kier alpha value is -3.02. The number of anilines is 1. The zero-order valence-electron chi connectivity index (χ0n) is 12.8. The summed E-state index contributed by atoms with van der Waals surface area (Å²) in [7, 11) is 0. The normalized spacial score (nSPS) is 12.0. The van der Waals surface area contributed by atoms with Crippen LogP contribution in [-0.4, -0.2) is 18.0 Å². The van der Waals surface area contributed by atoms with Crippen LogP contribution in [0.5, 0.6) is 0 Å². The molecule has 4 nitrogen and oxygen atoms in total. The Morgan fingerprint density at radius 1 is 1.04 bits per heavy atom. The number of nitrogens with one attached hydrogen (secondary N) is 1. The van der Waals surface area contributed by atoms with Crippen LogP contribution in [0.25, 0.3) is 6.08 Å². The minimum Gasteiger partial charge on any atom is -0.449 e. The van der Waals surface area contributed by atoms with Gasteiger partial charge in [0.25, 0.3) is 5.91 Å². The van der Waals surface area contributed by atoms with Gasteiger partial charge in [0, 0.05) is 11.6 Å². The van der Waals surface area contributed by atoms with Crippen LogP contribution in [0.4, 0.5) is 14.5 Å². The molecule has 0 saturated heterocycles. The fraction of sp³-hybridized carbons (Fsp3) is 0.111. The molecule has 1 N–H and O–H groups in total. The summed E-state index contributed by atoms with van der Waals surface area (Å²) in [6, 6.07) is 11.5. The van der Waals surface area contributed by atoms with E-state index in [9.17, 15) is 18.4 Å². The maximum atomic E-state index is 13.5. The number of carbonyl (C=O) groups excluding carboxylic acids is 2. The third-order valence-corrected chi connectivity index (χ3v) is 3.10. The van der Waals surface area contributed by atoms with Crippen LogP contribution in [-0.2, 0) is 14.3 Å². The van der Waals surface area contributed by atoms with Crippen LogP contribution in [0.1, 0.15) is 12.5 Å². The third-order valence-electron chi connectivity index (χ3n) is 3.10. The average Bonchev–Trinajstić information content (AvgIpc) is 2.56. The van der Waals surface area contributed by atoms with Crippen LogP contribution < -0.4 is 5.32 Å². The zero-order chi connectivity index (χ0) is 17.5. The van der Waals surface area contributed by atoms with E-state index in [2.05, 4.69) is 5.32 Å². The molecule has 0 aliphatic rings. The monoisotopic (exact) mass is 331 g/mol. The molecule has 2 aromatic carbocycles. The topological polar surface area (TPSA) is 55.4 Å². The number of halogens is 2. The molecule has 0 heterocycles. The molecular formula is C18H15F2NO3. The van der Waals surface area contributed by atoms with Crippen molar-refractivity contribution < 1.29 is 23.1 Å². The second-order valence-electron chi connectivity index (χ2n) is 4.90. The lowest BCUT2D eigenvalue weighted by atomic mass is 10.2. The fourth-order valence-corrected chi connectivity index (χ4v) is 1.83. The molecule has 2 rings (SSSR count). The van der Waals surface area contributed by atoms with Crippen LogP contribution in [0.3, 0.4) is 0 Å². The summed E-state index contributed by atoms with van der Waals surface area (Å²) in [5, 5.41) is 2.32. The Labute approximate surface area is 137 Å². The maximum absolute atomic E-state index is 13.5. The third kappa shape index (κ3) is 4.74. The SMILES string of the molecule is C[C@H](OC(=O)/C=C/c1ccccc1F)C(=O)Nc1ccccc1F. The predicted octanol–water partition coefficient (Wildman–Crippen LogP) is 3.55. The number of rotatable bonds is 5. The van der Waals surface area contributed by atoms with Crippen molar-refractivity contribution in [3.63, 3.8) is 0 Å². The van der Waals surface area contributed by atoms with Gasteiger partial charge in [-0.1, -0.05) is 30.3 Å². The van der Waals surface area contributed by atoms with E-state index in [0.717, 1.165) is 6.08 Å². The highest BCUT2D eigenvalue weighted by Crippen LogP contribution is 2.13. The molecule has 6 heteroatoms. The number of amides is 1. The van der Waals surface area contributed by atoms with Crippen LogP contribution in [0, 0.1) is 11.6 Å².